The van der Waals surface area contributed by atoms with Crippen molar-refractivity contribution in [2.75, 3.05) is 0 Å². The van der Waals surface area contributed by atoms with Crippen molar-refractivity contribution in [1.82, 2.24) is 4.98 Å². The van der Waals surface area contributed by atoms with Gasteiger partial charge in [-0.1, -0.05) is 17.7 Å². The molecule has 0 aliphatic carbocycles. The Hall–Kier alpha value is -0.900. The number of nitrogens with zero attached hydrogens (tertiary/aromatic N) is 1. The van der Waals surface area contributed by atoms with E-state index in [2.05, 4.69) is 18.8 Å². The third-order valence-electron chi connectivity index (χ3n) is 3.11. The van der Waals surface area contributed by atoms with E-state index in [0.29, 0.717) is 0 Å². The van der Waals surface area contributed by atoms with Crippen LogP contribution in [0.1, 0.15) is 32.7 Å². The Labute approximate surface area is 117 Å². The summed E-state index contributed by atoms with van der Waals surface area (Å²) in [6, 6.07) is 5.81. The number of aryl methyl sites for hydroxylation is 3. The average molecular weight is 281 g/mol. The third-order valence-corrected chi connectivity index (χ3v) is 4.44. The molecule has 1 heterocycles. The molecule has 0 spiro atoms. The second-order valence-corrected chi connectivity index (χ2v) is 6.28. The second kappa shape index (κ2) is 5.39. The van der Waals surface area contributed by atoms with E-state index in [1.807, 2.05) is 25.1 Å². The Morgan fingerprint density at radius 3 is 2.67 bits per heavy atom. The van der Waals surface area contributed by atoms with E-state index in [1.165, 1.54) is 10.4 Å². The van der Waals surface area contributed by atoms with Gasteiger partial charge in [0.25, 0.3) is 0 Å². The number of nitrogens with two attached hydrogens (primary N) is 1. The molecule has 0 radical (unpaired) electrons. The van der Waals surface area contributed by atoms with Crippen LogP contribution in [0.15, 0.2) is 18.2 Å². The summed E-state index contributed by atoms with van der Waals surface area (Å²) in [5.41, 5.74) is 9.65. The third kappa shape index (κ3) is 2.91. The maximum absolute atomic E-state index is 6.26. The Bertz CT molecular complexity index is 543. The highest BCUT2D eigenvalue weighted by Gasteiger charge is 2.13. The first-order valence-electron chi connectivity index (χ1n) is 5.92. The maximum Gasteiger partial charge on any atom is 0.0949 e. The Balaban J connectivity index is 2.21. The smallest absolute Gasteiger partial charge is 0.0949 e. The summed E-state index contributed by atoms with van der Waals surface area (Å²) in [4.78, 5) is 5.80. The van der Waals surface area contributed by atoms with Gasteiger partial charge in [-0.15, -0.1) is 11.3 Å². The molecule has 1 aromatic heterocycles. The van der Waals surface area contributed by atoms with Crippen LogP contribution in [0.2, 0.25) is 5.02 Å². The summed E-state index contributed by atoms with van der Waals surface area (Å²) in [5, 5.41) is 1.83. The summed E-state index contributed by atoms with van der Waals surface area (Å²) in [6.07, 6.45) is 0.764. The lowest BCUT2D eigenvalue weighted by Gasteiger charge is -2.13. The van der Waals surface area contributed by atoms with Crippen LogP contribution in [0.4, 0.5) is 0 Å². The summed E-state index contributed by atoms with van der Waals surface area (Å²) < 4.78 is 0. The van der Waals surface area contributed by atoms with E-state index in [4.69, 9.17) is 17.3 Å². The quantitative estimate of drug-likeness (QED) is 0.924. The number of aromatic nitrogens is 1. The second-order valence-electron chi connectivity index (χ2n) is 4.56. The first-order valence-corrected chi connectivity index (χ1v) is 7.11. The molecular formula is C14H17ClN2S. The van der Waals surface area contributed by atoms with Gasteiger partial charge in [0.05, 0.1) is 10.7 Å². The normalized spacial score (nSPS) is 12.7. The minimum atomic E-state index is -0.0475. The minimum absolute atomic E-state index is 0.0475. The summed E-state index contributed by atoms with van der Waals surface area (Å²) in [7, 11) is 0. The summed E-state index contributed by atoms with van der Waals surface area (Å²) >= 11 is 7.75. The van der Waals surface area contributed by atoms with Gasteiger partial charge in [0.15, 0.2) is 0 Å². The van der Waals surface area contributed by atoms with Crippen LogP contribution in [0.25, 0.3) is 0 Å². The lowest BCUT2D eigenvalue weighted by molar-refractivity contribution is 0.711. The number of halogens is 1. The molecule has 4 heteroatoms. The molecule has 96 valence electrons. The molecule has 0 aliphatic rings. The zero-order chi connectivity index (χ0) is 13.3. The molecule has 1 unspecified atom stereocenters. The molecule has 0 saturated heterocycles. The van der Waals surface area contributed by atoms with Crippen LogP contribution in [-0.4, -0.2) is 4.98 Å². The molecule has 18 heavy (non-hydrogen) atoms. The van der Waals surface area contributed by atoms with Crippen LogP contribution in [-0.2, 0) is 6.42 Å². The predicted molar refractivity (Wildman–Crippen MR) is 78.4 cm³/mol. The van der Waals surface area contributed by atoms with Gasteiger partial charge in [0, 0.05) is 22.4 Å². The first-order chi connectivity index (χ1) is 8.47. The van der Waals surface area contributed by atoms with Crippen molar-refractivity contribution in [3.05, 3.63) is 49.9 Å². The highest BCUT2D eigenvalue weighted by molar-refractivity contribution is 7.11. The molecule has 1 atom stereocenters. The van der Waals surface area contributed by atoms with Crippen LogP contribution >= 0.6 is 22.9 Å². The summed E-state index contributed by atoms with van der Waals surface area (Å²) in [6.45, 7) is 6.18. The van der Waals surface area contributed by atoms with Gasteiger partial charge in [0.1, 0.15) is 0 Å². The van der Waals surface area contributed by atoms with Crippen LogP contribution in [0.5, 0.6) is 0 Å². The highest BCUT2D eigenvalue weighted by Crippen LogP contribution is 2.25. The predicted octanol–water partition coefficient (Wildman–Crippen LogP) is 3.96. The first kappa shape index (κ1) is 13.5. The van der Waals surface area contributed by atoms with Gasteiger partial charge in [-0.05, 0) is 44.0 Å². The molecule has 0 amide bonds. The van der Waals surface area contributed by atoms with Gasteiger partial charge in [-0.3, -0.25) is 0 Å². The van der Waals surface area contributed by atoms with Crippen molar-refractivity contribution < 1.29 is 0 Å². The lowest BCUT2D eigenvalue weighted by atomic mass is 10.00. The fraction of sp³-hybridized carbons (Fsp3) is 0.357. The molecule has 1 aromatic carbocycles. The van der Waals surface area contributed by atoms with Gasteiger partial charge in [0.2, 0.25) is 0 Å². The van der Waals surface area contributed by atoms with Crippen molar-refractivity contribution in [1.29, 1.82) is 0 Å². The summed E-state index contributed by atoms with van der Waals surface area (Å²) in [5.74, 6) is 0. The molecule has 2 rings (SSSR count). The van der Waals surface area contributed by atoms with Crippen molar-refractivity contribution in [3.63, 3.8) is 0 Å². The van der Waals surface area contributed by atoms with Crippen molar-refractivity contribution in [2.24, 2.45) is 5.73 Å². The van der Waals surface area contributed by atoms with Crippen LogP contribution in [0, 0.1) is 20.8 Å². The Morgan fingerprint density at radius 1 is 1.33 bits per heavy atom. The fourth-order valence-electron chi connectivity index (χ4n) is 1.94. The molecule has 0 fully saturated rings. The van der Waals surface area contributed by atoms with E-state index in [0.717, 1.165) is 27.7 Å². The van der Waals surface area contributed by atoms with E-state index < -0.39 is 0 Å². The zero-order valence-corrected chi connectivity index (χ0v) is 12.4. The van der Waals surface area contributed by atoms with Crippen molar-refractivity contribution in [3.8, 4) is 0 Å². The Morgan fingerprint density at radius 2 is 2.06 bits per heavy atom. The number of thiazole rings is 1. The zero-order valence-electron chi connectivity index (χ0n) is 10.8. The molecule has 0 bridgehead atoms. The van der Waals surface area contributed by atoms with Crippen LogP contribution in [0.3, 0.4) is 0 Å². The van der Waals surface area contributed by atoms with Gasteiger partial charge >= 0.3 is 0 Å². The number of hydrogen-bond acceptors (Lipinski definition) is 3. The van der Waals surface area contributed by atoms with E-state index >= 15 is 0 Å². The van der Waals surface area contributed by atoms with Crippen molar-refractivity contribution >= 4 is 22.9 Å². The van der Waals surface area contributed by atoms with E-state index in [-0.39, 0.29) is 6.04 Å². The van der Waals surface area contributed by atoms with Gasteiger partial charge in [-0.2, -0.15) is 0 Å². The van der Waals surface area contributed by atoms with Gasteiger partial charge < -0.3 is 5.73 Å². The molecule has 2 nitrogen and oxygen atoms in total. The standard InChI is InChI=1S/C14H17ClN2S/c1-8-4-5-11(15)6-12(8)13(16)7-14-17-9(2)10(3)18-14/h4-6,13H,7,16H2,1-3H3. The monoisotopic (exact) mass is 280 g/mol. The van der Waals surface area contributed by atoms with E-state index in [1.54, 1.807) is 11.3 Å². The minimum Gasteiger partial charge on any atom is -0.324 e. The number of hydrogen-bond donors (Lipinski definition) is 1. The fourth-order valence-corrected chi connectivity index (χ4v) is 3.11. The maximum atomic E-state index is 6.26. The number of rotatable bonds is 3. The molecule has 2 N–H and O–H groups in total. The van der Waals surface area contributed by atoms with Gasteiger partial charge in [-0.25, -0.2) is 4.98 Å². The van der Waals surface area contributed by atoms with E-state index in [9.17, 15) is 0 Å². The average Bonchev–Trinajstić information content (AvgIpc) is 2.61. The van der Waals surface area contributed by atoms with Crippen molar-refractivity contribution in [2.45, 2.75) is 33.2 Å². The molecular weight excluding hydrogens is 264 g/mol. The topological polar surface area (TPSA) is 38.9 Å². The highest BCUT2D eigenvalue weighted by atomic mass is 35.5. The largest absolute Gasteiger partial charge is 0.324 e. The van der Waals surface area contributed by atoms with Crippen LogP contribution < -0.4 is 5.73 Å². The lowest BCUT2D eigenvalue weighted by Crippen LogP contribution is -2.14. The number of benzene rings is 1. The SMILES string of the molecule is Cc1ccc(Cl)cc1C(N)Cc1nc(C)c(C)s1. The molecule has 0 aliphatic heterocycles. The molecule has 2 aromatic rings. The molecule has 0 saturated carbocycles. The Kier molecular flexibility index (Phi) is 4.05.